The first-order chi connectivity index (χ1) is 10.2. The zero-order chi connectivity index (χ0) is 14.7. The standard InChI is InChI=1S/C17H13FN2O/c18-15-9-5-4-6-13(15)12-17(21)16-10-11-20(19-16)14-7-2-1-3-8-14/h1-11H,12H2. The number of ketones is 1. The molecule has 21 heavy (non-hydrogen) atoms. The van der Waals surface area contributed by atoms with Gasteiger partial charge in [-0.05, 0) is 29.8 Å². The van der Waals surface area contributed by atoms with E-state index in [2.05, 4.69) is 5.10 Å². The second kappa shape index (κ2) is 5.71. The van der Waals surface area contributed by atoms with Crippen LogP contribution in [-0.4, -0.2) is 15.6 Å². The molecule has 3 rings (SSSR count). The van der Waals surface area contributed by atoms with Crippen LogP contribution in [0.2, 0.25) is 0 Å². The molecule has 0 aliphatic heterocycles. The largest absolute Gasteiger partial charge is 0.292 e. The zero-order valence-corrected chi connectivity index (χ0v) is 11.2. The topological polar surface area (TPSA) is 34.9 Å². The lowest BCUT2D eigenvalue weighted by atomic mass is 10.1. The Kier molecular flexibility index (Phi) is 3.60. The molecule has 0 aliphatic carbocycles. The summed E-state index contributed by atoms with van der Waals surface area (Å²) < 4.78 is 15.2. The van der Waals surface area contributed by atoms with E-state index in [0.717, 1.165) is 5.69 Å². The van der Waals surface area contributed by atoms with Gasteiger partial charge in [0.05, 0.1) is 5.69 Å². The molecule has 1 heterocycles. The van der Waals surface area contributed by atoms with E-state index in [4.69, 9.17) is 0 Å². The molecule has 0 radical (unpaired) electrons. The van der Waals surface area contributed by atoms with Crippen LogP contribution in [0.1, 0.15) is 16.1 Å². The Hall–Kier alpha value is -2.75. The Morgan fingerprint density at radius 1 is 1.00 bits per heavy atom. The summed E-state index contributed by atoms with van der Waals surface area (Å²) in [5.41, 5.74) is 1.60. The summed E-state index contributed by atoms with van der Waals surface area (Å²) in [6, 6.07) is 17.5. The molecule has 0 spiro atoms. The summed E-state index contributed by atoms with van der Waals surface area (Å²) in [5.74, 6) is -0.567. The highest BCUT2D eigenvalue weighted by Gasteiger charge is 2.13. The van der Waals surface area contributed by atoms with E-state index in [1.54, 1.807) is 35.1 Å². The normalized spacial score (nSPS) is 10.5. The lowest BCUT2D eigenvalue weighted by Crippen LogP contribution is -2.07. The van der Waals surface area contributed by atoms with Crippen LogP contribution in [0.3, 0.4) is 0 Å². The van der Waals surface area contributed by atoms with Gasteiger partial charge in [-0.15, -0.1) is 0 Å². The minimum absolute atomic E-state index is 0.0124. The van der Waals surface area contributed by atoms with Crippen LogP contribution in [0, 0.1) is 5.82 Å². The number of Topliss-reactive ketones (excluding diaryl/α,β-unsaturated/α-hetero) is 1. The fourth-order valence-electron chi connectivity index (χ4n) is 2.10. The number of hydrogen-bond donors (Lipinski definition) is 0. The molecule has 0 saturated heterocycles. The molecule has 1 aromatic heterocycles. The molecule has 3 aromatic rings. The average molecular weight is 280 g/mol. The van der Waals surface area contributed by atoms with Crippen LogP contribution in [0.4, 0.5) is 4.39 Å². The third kappa shape index (κ3) is 2.89. The van der Waals surface area contributed by atoms with E-state index >= 15 is 0 Å². The molecule has 3 nitrogen and oxygen atoms in total. The van der Waals surface area contributed by atoms with Gasteiger partial charge in [0.2, 0.25) is 0 Å². The lowest BCUT2D eigenvalue weighted by Gasteiger charge is -2.01. The Balaban J connectivity index is 1.80. The number of hydrogen-bond acceptors (Lipinski definition) is 2. The van der Waals surface area contributed by atoms with E-state index in [9.17, 15) is 9.18 Å². The van der Waals surface area contributed by atoms with E-state index in [1.807, 2.05) is 30.3 Å². The van der Waals surface area contributed by atoms with Gasteiger partial charge in [-0.1, -0.05) is 36.4 Å². The number of rotatable bonds is 4. The molecule has 2 aromatic carbocycles. The molecule has 0 aliphatic rings. The van der Waals surface area contributed by atoms with E-state index < -0.39 is 0 Å². The van der Waals surface area contributed by atoms with Gasteiger partial charge in [-0.25, -0.2) is 9.07 Å². The minimum atomic E-state index is -0.367. The van der Waals surface area contributed by atoms with Crippen molar-refractivity contribution in [1.29, 1.82) is 0 Å². The first-order valence-electron chi connectivity index (χ1n) is 6.62. The van der Waals surface area contributed by atoms with Gasteiger partial charge in [-0.3, -0.25) is 4.79 Å². The van der Waals surface area contributed by atoms with Gasteiger partial charge in [0.25, 0.3) is 0 Å². The highest BCUT2D eigenvalue weighted by atomic mass is 19.1. The van der Waals surface area contributed by atoms with Gasteiger partial charge in [0.15, 0.2) is 5.78 Å². The maximum absolute atomic E-state index is 13.6. The zero-order valence-electron chi connectivity index (χ0n) is 11.2. The molecule has 4 heteroatoms. The fraction of sp³-hybridized carbons (Fsp3) is 0.0588. The third-order valence-electron chi connectivity index (χ3n) is 3.20. The van der Waals surface area contributed by atoms with Crippen molar-refractivity contribution >= 4 is 5.78 Å². The molecule has 0 bridgehead atoms. The smallest absolute Gasteiger partial charge is 0.187 e. The monoisotopic (exact) mass is 280 g/mol. The molecule has 0 N–H and O–H groups in total. The number of benzene rings is 2. The number of nitrogens with zero attached hydrogens (tertiary/aromatic N) is 2. The predicted octanol–water partition coefficient (Wildman–Crippen LogP) is 3.44. The molecule has 0 atom stereocenters. The molecule has 0 unspecified atom stereocenters. The number of carbonyl (C=O) groups is 1. The first kappa shape index (κ1) is 13.2. The molecular weight excluding hydrogens is 267 g/mol. The van der Waals surface area contributed by atoms with Gasteiger partial charge in [0, 0.05) is 12.6 Å². The summed E-state index contributed by atoms with van der Waals surface area (Å²) in [6.45, 7) is 0. The van der Waals surface area contributed by atoms with E-state index in [-0.39, 0.29) is 18.0 Å². The van der Waals surface area contributed by atoms with Crippen molar-refractivity contribution in [2.75, 3.05) is 0 Å². The van der Waals surface area contributed by atoms with Crippen molar-refractivity contribution in [3.63, 3.8) is 0 Å². The Bertz CT molecular complexity index is 765. The van der Waals surface area contributed by atoms with Crippen LogP contribution in [0.15, 0.2) is 66.9 Å². The van der Waals surface area contributed by atoms with E-state index in [0.29, 0.717) is 11.3 Å². The highest BCUT2D eigenvalue weighted by Crippen LogP contribution is 2.12. The quantitative estimate of drug-likeness (QED) is 0.686. The van der Waals surface area contributed by atoms with Crippen LogP contribution in [0.5, 0.6) is 0 Å². The average Bonchev–Trinajstić information content (AvgIpc) is 3.00. The molecule has 0 amide bonds. The van der Waals surface area contributed by atoms with Crippen LogP contribution in [0.25, 0.3) is 5.69 Å². The Morgan fingerprint density at radius 3 is 2.48 bits per heavy atom. The van der Waals surface area contributed by atoms with Gasteiger partial charge < -0.3 is 0 Å². The molecule has 104 valence electrons. The second-order valence-corrected chi connectivity index (χ2v) is 4.67. The van der Waals surface area contributed by atoms with E-state index in [1.165, 1.54) is 6.07 Å². The van der Waals surface area contributed by atoms with Gasteiger partial charge >= 0.3 is 0 Å². The molecule has 0 saturated carbocycles. The Morgan fingerprint density at radius 2 is 1.71 bits per heavy atom. The van der Waals surface area contributed by atoms with Crippen molar-refractivity contribution in [3.8, 4) is 5.69 Å². The van der Waals surface area contributed by atoms with Crippen LogP contribution >= 0.6 is 0 Å². The third-order valence-corrected chi connectivity index (χ3v) is 3.20. The summed E-state index contributed by atoms with van der Waals surface area (Å²) in [4.78, 5) is 12.2. The minimum Gasteiger partial charge on any atom is -0.292 e. The predicted molar refractivity (Wildman–Crippen MR) is 78.0 cm³/mol. The number of carbonyl (C=O) groups excluding carboxylic acids is 1. The maximum Gasteiger partial charge on any atom is 0.187 e. The van der Waals surface area contributed by atoms with Crippen LogP contribution in [-0.2, 0) is 6.42 Å². The van der Waals surface area contributed by atoms with Crippen molar-refractivity contribution in [2.24, 2.45) is 0 Å². The van der Waals surface area contributed by atoms with Crippen LogP contribution < -0.4 is 0 Å². The summed E-state index contributed by atoms with van der Waals surface area (Å²) >= 11 is 0. The molecule has 0 fully saturated rings. The van der Waals surface area contributed by atoms with Crippen molar-refractivity contribution in [1.82, 2.24) is 9.78 Å². The summed E-state index contributed by atoms with van der Waals surface area (Å²) in [6.07, 6.45) is 1.74. The number of para-hydroxylation sites is 1. The first-order valence-corrected chi connectivity index (χ1v) is 6.62. The number of aromatic nitrogens is 2. The van der Waals surface area contributed by atoms with Gasteiger partial charge in [-0.2, -0.15) is 5.10 Å². The number of halogens is 1. The molecular formula is C17H13FN2O. The maximum atomic E-state index is 13.6. The fourth-order valence-corrected chi connectivity index (χ4v) is 2.10. The highest BCUT2D eigenvalue weighted by molar-refractivity contribution is 5.95. The second-order valence-electron chi connectivity index (χ2n) is 4.67. The van der Waals surface area contributed by atoms with Gasteiger partial charge in [0.1, 0.15) is 11.5 Å². The summed E-state index contributed by atoms with van der Waals surface area (Å²) in [7, 11) is 0. The summed E-state index contributed by atoms with van der Waals surface area (Å²) in [5, 5.41) is 4.25. The lowest BCUT2D eigenvalue weighted by molar-refractivity contribution is 0.0986. The SMILES string of the molecule is O=C(Cc1ccccc1F)c1ccn(-c2ccccc2)n1. The Labute approximate surface area is 121 Å². The van der Waals surface area contributed by atoms with Crippen molar-refractivity contribution in [2.45, 2.75) is 6.42 Å². The van der Waals surface area contributed by atoms with Crippen molar-refractivity contribution < 1.29 is 9.18 Å². The van der Waals surface area contributed by atoms with Crippen molar-refractivity contribution in [3.05, 3.63) is 83.9 Å².